The number of nitrogens with zero attached hydrogens (tertiary/aromatic N) is 1. The molecule has 0 bridgehead atoms. The quantitative estimate of drug-likeness (QED) is 0.391. The molecule has 0 aromatic heterocycles. The van der Waals surface area contributed by atoms with Crippen molar-refractivity contribution in [3.8, 4) is 5.75 Å². The summed E-state index contributed by atoms with van der Waals surface area (Å²) in [6.07, 6.45) is -1.62. The molecule has 1 aromatic rings. The summed E-state index contributed by atoms with van der Waals surface area (Å²) in [6, 6.07) is 3.03. The molecule has 1 amide bonds. The second kappa shape index (κ2) is 7.03. The van der Waals surface area contributed by atoms with Crippen molar-refractivity contribution in [3.63, 3.8) is 0 Å². The number of phenolic OH excluding ortho intramolecular Hbond substituents is 1. The highest BCUT2D eigenvalue weighted by atomic mass is 16.3. The van der Waals surface area contributed by atoms with Crippen LogP contribution in [-0.4, -0.2) is 81.1 Å². The van der Waals surface area contributed by atoms with E-state index in [2.05, 4.69) is 0 Å². The number of nitrogens with two attached hydrogens (primary N) is 1. The van der Waals surface area contributed by atoms with E-state index in [0.29, 0.717) is 5.56 Å². The van der Waals surface area contributed by atoms with E-state index in [4.69, 9.17) is 5.73 Å². The Hall–Kier alpha value is -2.95. The van der Waals surface area contributed by atoms with Crippen molar-refractivity contribution in [1.82, 2.24) is 4.90 Å². The van der Waals surface area contributed by atoms with Gasteiger partial charge in [0.05, 0.1) is 29.5 Å². The highest BCUT2D eigenvalue weighted by Crippen LogP contribution is 2.54. The van der Waals surface area contributed by atoms with Gasteiger partial charge >= 0.3 is 0 Å². The van der Waals surface area contributed by atoms with Gasteiger partial charge in [0, 0.05) is 5.92 Å². The van der Waals surface area contributed by atoms with Gasteiger partial charge in [0.1, 0.15) is 5.75 Å². The van der Waals surface area contributed by atoms with Crippen LogP contribution in [0.15, 0.2) is 18.2 Å². The number of hydrogen-bond acceptors (Lipinski definition) is 9. The SMILES string of the molecule is C[C@@H]1c2cccc(O)c2C(=O)C2C(=O)[C@]3(O)C(=O)C(C(N)=O)C(=O)[C@H](N(C)C)[C@@H]3[C@H](O)[C@@H]21. The Labute approximate surface area is 183 Å². The molecular weight excluding hydrogens is 420 g/mol. The number of fused-ring (bicyclic) bond motifs is 3. The molecule has 0 heterocycles. The molecule has 2 fully saturated rings. The third-order valence-electron chi connectivity index (χ3n) is 7.35. The average Bonchev–Trinajstić information content (AvgIpc) is 2.70. The number of amides is 1. The number of aliphatic hydroxyl groups is 2. The molecule has 2 saturated carbocycles. The minimum atomic E-state index is -2.97. The number of hydrogen-bond donors (Lipinski definition) is 4. The highest BCUT2D eigenvalue weighted by molar-refractivity contribution is 6.32. The van der Waals surface area contributed by atoms with E-state index in [1.807, 2.05) is 0 Å². The van der Waals surface area contributed by atoms with Crippen molar-refractivity contribution in [2.24, 2.45) is 29.4 Å². The zero-order valence-electron chi connectivity index (χ0n) is 17.7. The number of likely N-dealkylation sites (N-methyl/N-ethyl adjacent to an activating group) is 1. The van der Waals surface area contributed by atoms with Crippen molar-refractivity contribution in [1.29, 1.82) is 0 Å². The first-order chi connectivity index (χ1) is 14.9. The number of phenols is 1. The van der Waals surface area contributed by atoms with Crippen molar-refractivity contribution < 1.29 is 39.3 Å². The molecule has 5 N–H and O–H groups in total. The van der Waals surface area contributed by atoms with Gasteiger partial charge in [-0.15, -0.1) is 0 Å². The van der Waals surface area contributed by atoms with Gasteiger partial charge in [-0.25, -0.2) is 0 Å². The monoisotopic (exact) mass is 444 g/mol. The predicted molar refractivity (Wildman–Crippen MR) is 107 cm³/mol. The fourth-order valence-electron chi connectivity index (χ4n) is 5.95. The normalized spacial score (nSPS) is 38.9. The molecule has 10 heteroatoms. The van der Waals surface area contributed by atoms with Crippen LogP contribution in [0.2, 0.25) is 0 Å². The molecule has 0 saturated heterocycles. The number of benzene rings is 1. The number of aromatic hydroxyl groups is 1. The lowest BCUT2D eigenvalue weighted by molar-refractivity contribution is -0.196. The molecule has 0 radical (unpaired) electrons. The number of aliphatic hydroxyl groups excluding tert-OH is 1. The molecule has 4 rings (SSSR count). The van der Waals surface area contributed by atoms with E-state index in [0.717, 1.165) is 0 Å². The molecule has 170 valence electrons. The summed E-state index contributed by atoms with van der Waals surface area (Å²) in [4.78, 5) is 66.3. The summed E-state index contributed by atoms with van der Waals surface area (Å²) >= 11 is 0. The van der Waals surface area contributed by atoms with Crippen LogP contribution in [0.3, 0.4) is 0 Å². The Morgan fingerprint density at radius 2 is 1.75 bits per heavy atom. The van der Waals surface area contributed by atoms with Crippen molar-refractivity contribution >= 4 is 29.0 Å². The summed E-state index contributed by atoms with van der Waals surface area (Å²) < 4.78 is 0. The molecule has 3 aliphatic carbocycles. The smallest absolute Gasteiger partial charge is 0.235 e. The van der Waals surface area contributed by atoms with Gasteiger partial charge in [-0.2, -0.15) is 0 Å². The standard InChI is InChI=1S/C22H24N2O8/c1-7-8-5-4-6-9(25)11(8)16(26)12-10(7)17(27)14-15(24(2)3)18(28)13(21(23)31)20(30)22(14,32)19(12)29/h4-7,10,12-15,17,25,27,32H,1-3H3,(H2,23,31)/t7-,10-,12?,13?,14-,15-,17-,22+/m1/s1. The summed E-state index contributed by atoms with van der Waals surface area (Å²) in [5.74, 6) is -13.1. The number of carbonyl (C=O) groups is 5. The maximum atomic E-state index is 13.6. The lowest BCUT2D eigenvalue weighted by atomic mass is 9.49. The number of rotatable bonds is 2. The third-order valence-corrected chi connectivity index (χ3v) is 7.35. The number of carbonyl (C=O) groups excluding carboxylic acids is 5. The number of Topliss-reactive ketones (excluding diaryl/α,β-unsaturated/α-hetero) is 4. The summed E-state index contributed by atoms with van der Waals surface area (Å²) in [6.45, 7) is 1.66. The van der Waals surface area contributed by atoms with E-state index in [-0.39, 0.29) is 11.3 Å². The first-order valence-corrected chi connectivity index (χ1v) is 10.2. The van der Waals surface area contributed by atoms with E-state index < -0.39 is 76.4 Å². The second-order valence-electron chi connectivity index (χ2n) is 9.11. The maximum absolute atomic E-state index is 13.6. The summed E-state index contributed by atoms with van der Waals surface area (Å²) in [7, 11) is 2.89. The minimum Gasteiger partial charge on any atom is -0.507 e. The van der Waals surface area contributed by atoms with E-state index in [9.17, 15) is 39.3 Å². The molecule has 10 nitrogen and oxygen atoms in total. The van der Waals surface area contributed by atoms with E-state index >= 15 is 0 Å². The van der Waals surface area contributed by atoms with Crippen molar-refractivity contribution in [2.75, 3.05) is 14.1 Å². The number of primary amides is 1. The zero-order valence-corrected chi connectivity index (χ0v) is 17.7. The van der Waals surface area contributed by atoms with E-state index in [1.54, 1.807) is 13.0 Å². The van der Waals surface area contributed by atoms with Crippen LogP contribution in [0, 0.1) is 23.7 Å². The largest absolute Gasteiger partial charge is 0.507 e. The van der Waals surface area contributed by atoms with Crippen LogP contribution in [0.25, 0.3) is 0 Å². The molecule has 2 unspecified atom stereocenters. The van der Waals surface area contributed by atoms with Gasteiger partial charge in [-0.1, -0.05) is 19.1 Å². The van der Waals surface area contributed by atoms with Crippen LogP contribution in [0.5, 0.6) is 5.75 Å². The highest BCUT2D eigenvalue weighted by Gasteiger charge is 2.72. The molecule has 1 aromatic carbocycles. The first-order valence-electron chi connectivity index (χ1n) is 10.2. The lowest BCUT2D eigenvalue weighted by Crippen LogP contribution is -2.77. The second-order valence-corrected chi connectivity index (χ2v) is 9.11. The fourth-order valence-corrected chi connectivity index (χ4v) is 5.95. The van der Waals surface area contributed by atoms with Crippen molar-refractivity contribution in [3.05, 3.63) is 29.3 Å². The fraction of sp³-hybridized carbons (Fsp3) is 0.500. The topological polar surface area (TPSA) is 175 Å². The Morgan fingerprint density at radius 1 is 1.12 bits per heavy atom. The maximum Gasteiger partial charge on any atom is 0.235 e. The number of ketones is 4. The Kier molecular flexibility index (Phi) is 4.89. The van der Waals surface area contributed by atoms with Crippen LogP contribution in [0.1, 0.15) is 28.8 Å². The van der Waals surface area contributed by atoms with Gasteiger partial charge in [-0.05, 0) is 31.6 Å². The molecule has 0 aliphatic heterocycles. The lowest BCUT2D eigenvalue weighted by Gasteiger charge is -2.55. The Bertz CT molecular complexity index is 1080. The Morgan fingerprint density at radius 3 is 2.31 bits per heavy atom. The van der Waals surface area contributed by atoms with Gasteiger partial charge in [0.15, 0.2) is 34.7 Å². The van der Waals surface area contributed by atoms with Gasteiger partial charge in [-0.3, -0.25) is 28.9 Å². The van der Waals surface area contributed by atoms with Crippen LogP contribution < -0.4 is 5.73 Å². The summed E-state index contributed by atoms with van der Waals surface area (Å²) in [5, 5.41) is 33.1. The molecule has 3 aliphatic rings. The van der Waals surface area contributed by atoms with Gasteiger partial charge < -0.3 is 21.1 Å². The molecule has 8 atom stereocenters. The minimum absolute atomic E-state index is 0.112. The van der Waals surface area contributed by atoms with Gasteiger partial charge in [0.2, 0.25) is 5.91 Å². The third kappa shape index (κ3) is 2.54. The van der Waals surface area contributed by atoms with Crippen LogP contribution >= 0.6 is 0 Å². The zero-order chi connectivity index (χ0) is 23.9. The van der Waals surface area contributed by atoms with Crippen molar-refractivity contribution in [2.45, 2.75) is 30.6 Å². The van der Waals surface area contributed by atoms with Crippen LogP contribution in [-0.2, 0) is 19.2 Å². The molecule has 0 spiro atoms. The predicted octanol–water partition coefficient (Wildman–Crippen LogP) is -1.60. The summed E-state index contributed by atoms with van der Waals surface area (Å²) in [5.41, 5.74) is 2.58. The Balaban J connectivity index is 1.96. The van der Waals surface area contributed by atoms with Gasteiger partial charge in [0.25, 0.3) is 0 Å². The molecular formula is C22H24N2O8. The average molecular weight is 444 g/mol. The van der Waals surface area contributed by atoms with E-state index in [1.165, 1.54) is 31.1 Å². The first kappa shape index (κ1) is 22.3. The molecule has 32 heavy (non-hydrogen) atoms. The van der Waals surface area contributed by atoms with Crippen LogP contribution in [0.4, 0.5) is 0 Å².